The van der Waals surface area contributed by atoms with Crippen molar-refractivity contribution >= 4 is 0 Å². The van der Waals surface area contributed by atoms with E-state index in [1.54, 1.807) is 14.0 Å². The maximum atomic E-state index is 12.2. The van der Waals surface area contributed by atoms with E-state index in [4.69, 9.17) is 33.2 Å². The van der Waals surface area contributed by atoms with Crippen LogP contribution in [0.15, 0.2) is 11.6 Å². The number of rotatable bonds is 10. The Morgan fingerprint density at radius 3 is 2.03 bits per heavy atom. The van der Waals surface area contributed by atoms with Gasteiger partial charge in [-0.2, -0.15) is 0 Å². The maximum Gasteiger partial charge on any atom is 0.187 e. The third-order valence-corrected chi connectivity index (χ3v) is 19.4. The Labute approximate surface area is 388 Å². The lowest BCUT2D eigenvalue weighted by Gasteiger charge is -2.73. The molecule has 0 radical (unpaired) electrons. The molecule has 3 saturated heterocycles. The summed E-state index contributed by atoms with van der Waals surface area (Å²) in [7, 11) is 1.76. The molecule has 0 aromatic rings. The fourth-order valence-corrected chi connectivity index (χ4v) is 15.2. The number of allylic oxidation sites excluding steroid dienone is 1. The highest BCUT2D eigenvalue weighted by Crippen LogP contribution is 2.76. The second kappa shape index (κ2) is 18.3. The zero-order valence-electron chi connectivity index (χ0n) is 39.9. The van der Waals surface area contributed by atoms with E-state index in [-0.39, 0.29) is 53.3 Å². The summed E-state index contributed by atoms with van der Waals surface area (Å²) in [5.74, 6) is -0.103. The van der Waals surface area contributed by atoms with Gasteiger partial charge in [-0.25, -0.2) is 0 Å². The molecule has 0 aromatic carbocycles. The van der Waals surface area contributed by atoms with Gasteiger partial charge in [0.2, 0.25) is 0 Å². The Morgan fingerprint density at radius 2 is 1.38 bits per heavy atom. The van der Waals surface area contributed by atoms with E-state index in [2.05, 4.69) is 40.7 Å². The molecule has 11 N–H and O–H groups in total. The molecule has 5 aliphatic carbocycles. The summed E-state index contributed by atoms with van der Waals surface area (Å²) in [6, 6.07) is 0. The molecule has 66 heavy (non-hydrogen) atoms. The topological polar surface area (TPSA) is 287 Å². The molecule has 0 amide bonds. The summed E-state index contributed by atoms with van der Waals surface area (Å²) in [5.41, 5.74) is -1.21. The number of hydrogen-bond donors (Lipinski definition) is 11. The Kier molecular flexibility index (Phi) is 14.2. The second-order valence-corrected chi connectivity index (χ2v) is 23.4. The fourth-order valence-electron chi connectivity index (χ4n) is 15.2. The molecule has 18 heteroatoms. The lowest BCUT2D eigenvalue weighted by Crippen LogP contribution is -2.70. The summed E-state index contributed by atoms with van der Waals surface area (Å²) in [4.78, 5) is 0. The highest BCUT2D eigenvalue weighted by Gasteiger charge is 2.72. The van der Waals surface area contributed by atoms with Crippen LogP contribution in [0.25, 0.3) is 0 Å². The average Bonchev–Trinajstić information content (AvgIpc) is 3.27. The molecule has 380 valence electrons. The molecule has 25 atom stereocenters. The van der Waals surface area contributed by atoms with Crippen molar-refractivity contribution in [3.63, 3.8) is 0 Å². The van der Waals surface area contributed by atoms with E-state index < -0.39 is 128 Å². The number of aliphatic hydroxyl groups is 11. The van der Waals surface area contributed by atoms with Gasteiger partial charge < -0.3 is 89.3 Å². The Bertz CT molecular complexity index is 1750. The Balaban J connectivity index is 1.05. The van der Waals surface area contributed by atoms with Crippen LogP contribution in [0.5, 0.6) is 0 Å². The molecule has 3 aliphatic heterocycles. The van der Waals surface area contributed by atoms with Crippen molar-refractivity contribution in [1.82, 2.24) is 0 Å². The fraction of sp³-hybridized carbons (Fsp3) is 0.958. The Morgan fingerprint density at radius 1 is 0.682 bits per heavy atom. The van der Waals surface area contributed by atoms with Gasteiger partial charge in [0.05, 0.1) is 50.8 Å². The molecule has 4 saturated carbocycles. The van der Waals surface area contributed by atoms with Gasteiger partial charge in [0, 0.05) is 23.9 Å². The maximum absolute atomic E-state index is 12.2. The van der Waals surface area contributed by atoms with Crippen LogP contribution in [0.1, 0.15) is 99.8 Å². The highest BCUT2D eigenvalue weighted by atomic mass is 16.8. The molecular formula is C48H80O18. The SMILES string of the molecule is COC1C=C2C3CC(C)(C)CCC3(CO)C(O)CC2(C)C2(C)CCC3C(C)(CO)C(OC4OC(C)C(O)C(OC5OC(CO)C(O)C(O)C5OC5OCC(O)C(O)C5O)C4O)CCC3(C)C12. The van der Waals surface area contributed by atoms with Crippen molar-refractivity contribution in [2.24, 2.45) is 50.2 Å². The first-order chi connectivity index (χ1) is 30.9. The normalized spacial score (nSPS) is 56.0. The smallest absolute Gasteiger partial charge is 0.187 e. The molecule has 25 unspecified atom stereocenters. The first kappa shape index (κ1) is 51.4. The van der Waals surface area contributed by atoms with Crippen LogP contribution < -0.4 is 0 Å². The summed E-state index contributed by atoms with van der Waals surface area (Å²) in [5, 5.41) is 121. The third kappa shape index (κ3) is 7.82. The number of fused-ring (bicyclic) bond motifs is 7. The molecule has 0 aromatic heterocycles. The van der Waals surface area contributed by atoms with Gasteiger partial charge in [-0.1, -0.05) is 53.2 Å². The van der Waals surface area contributed by atoms with E-state index in [0.717, 1.165) is 32.1 Å². The minimum absolute atomic E-state index is 0.00195. The van der Waals surface area contributed by atoms with Crippen LogP contribution in [0.3, 0.4) is 0 Å². The van der Waals surface area contributed by atoms with E-state index in [1.807, 2.05) is 6.92 Å². The van der Waals surface area contributed by atoms with Crippen LogP contribution in [0.2, 0.25) is 0 Å². The van der Waals surface area contributed by atoms with E-state index >= 15 is 0 Å². The molecule has 8 aliphatic rings. The summed E-state index contributed by atoms with van der Waals surface area (Å²) >= 11 is 0. The molecule has 18 nitrogen and oxygen atoms in total. The molecule has 7 fully saturated rings. The van der Waals surface area contributed by atoms with Gasteiger partial charge in [0.15, 0.2) is 18.9 Å². The molecule has 0 spiro atoms. The zero-order valence-corrected chi connectivity index (χ0v) is 39.9. The number of aliphatic hydroxyl groups excluding tert-OH is 11. The van der Waals surface area contributed by atoms with Gasteiger partial charge in [0.25, 0.3) is 0 Å². The highest BCUT2D eigenvalue weighted by molar-refractivity contribution is 5.37. The minimum Gasteiger partial charge on any atom is -0.396 e. The lowest BCUT2D eigenvalue weighted by atomic mass is 9.32. The quantitative estimate of drug-likeness (QED) is 0.100. The predicted octanol–water partition coefficient (Wildman–Crippen LogP) is -0.151. The largest absolute Gasteiger partial charge is 0.396 e. The zero-order chi connectivity index (χ0) is 48.3. The van der Waals surface area contributed by atoms with Gasteiger partial charge in [-0.15, -0.1) is 0 Å². The minimum atomic E-state index is -1.82. The summed E-state index contributed by atoms with van der Waals surface area (Å²) in [6.45, 7) is 13.6. The number of ether oxygens (including phenoxy) is 7. The first-order valence-corrected chi connectivity index (χ1v) is 24.3. The van der Waals surface area contributed by atoms with E-state index in [1.165, 1.54) is 5.57 Å². The predicted molar refractivity (Wildman–Crippen MR) is 232 cm³/mol. The van der Waals surface area contributed by atoms with Gasteiger partial charge >= 0.3 is 0 Å². The van der Waals surface area contributed by atoms with Gasteiger partial charge in [-0.3, -0.25) is 0 Å². The van der Waals surface area contributed by atoms with Crippen LogP contribution >= 0.6 is 0 Å². The van der Waals surface area contributed by atoms with Crippen molar-refractivity contribution < 1.29 is 89.3 Å². The van der Waals surface area contributed by atoms with Crippen molar-refractivity contribution in [3.8, 4) is 0 Å². The average molecular weight is 945 g/mol. The van der Waals surface area contributed by atoms with Crippen molar-refractivity contribution in [1.29, 1.82) is 0 Å². The molecule has 8 rings (SSSR count). The van der Waals surface area contributed by atoms with Crippen molar-refractivity contribution in [2.75, 3.05) is 33.5 Å². The number of hydrogen-bond acceptors (Lipinski definition) is 18. The van der Waals surface area contributed by atoms with Crippen LogP contribution in [0.4, 0.5) is 0 Å². The Hall–Kier alpha value is -0.980. The third-order valence-electron chi connectivity index (χ3n) is 19.4. The monoisotopic (exact) mass is 945 g/mol. The first-order valence-electron chi connectivity index (χ1n) is 24.3. The molecular weight excluding hydrogens is 865 g/mol. The van der Waals surface area contributed by atoms with Crippen molar-refractivity contribution in [3.05, 3.63) is 11.6 Å². The standard InChI is InChI=1S/C48H80O18/c1-22-31(54)37(65-42-38(34(57)33(56)27(18-49)63-42)66-40-35(58)32(55)25(52)19-61-40)36(59)41(62-22)64-30-10-11-44(4)28(45(30,5)20-50)9-12-46(6)39(44)26(60-8)15-23-24-16-43(2,3)13-14-48(24,21-51)29(53)17-47(23,46)7/h15,22,24-42,49-59H,9-14,16-21H2,1-8H3. The summed E-state index contributed by atoms with van der Waals surface area (Å²) < 4.78 is 42.6. The van der Waals surface area contributed by atoms with Crippen LogP contribution in [-0.2, 0) is 33.2 Å². The lowest BCUT2D eigenvalue weighted by molar-refractivity contribution is -0.387. The van der Waals surface area contributed by atoms with Gasteiger partial charge in [-0.05, 0) is 91.8 Å². The van der Waals surface area contributed by atoms with Gasteiger partial charge in [0.1, 0.15) is 61.0 Å². The molecule has 3 heterocycles. The van der Waals surface area contributed by atoms with Crippen LogP contribution in [0, 0.1) is 50.2 Å². The van der Waals surface area contributed by atoms with E-state index in [0.29, 0.717) is 19.3 Å². The second-order valence-electron chi connectivity index (χ2n) is 23.4. The van der Waals surface area contributed by atoms with E-state index in [9.17, 15) is 56.2 Å². The summed E-state index contributed by atoms with van der Waals surface area (Å²) in [6.07, 6.45) is -15.4. The van der Waals surface area contributed by atoms with Crippen LogP contribution in [-0.4, -0.2) is 194 Å². The molecule has 0 bridgehead atoms. The van der Waals surface area contributed by atoms with Crippen molar-refractivity contribution in [2.45, 2.75) is 204 Å². The number of methoxy groups -OCH3 is 1.